The molecule has 0 saturated heterocycles. The third kappa shape index (κ3) is 4.88. The maximum atomic E-state index is 9.43. The van der Waals surface area contributed by atoms with E-state index in [-0.39, 0.29) is 0 Å². The molecule has 1 atom stereocenters. The summed E-state index contributed by atoms with van der Waals surface area (Å²) in [5, 5.41) is 18.3. The van der Waals surface area contributed by atoms with E-state index in [1.54, 1.807) is 13.0 Å². The molecule has 0 aliphatic heterocycles. The van der Waals surface area contributed by atoms with Crippen LogP contribution in [0.3, 0.4) is 0 Å². The first-order valence-electron chi connectivity index (χ1n) is 7.16. The second kappa shape index (κ2) is 8.18. The molecule has 0 aliphatic carbocycles. The van der Waals surface area contributed by atoms with Crippen LogP contribution in [0.1, 0.15) is 29.7 Å². The van der Waals surface area contributed by atoms with Gasteiger partial charge in [-0.05, 0) is 42.3 Å². The first-order chi connectivity index (χ1) is 10.7. The number of hydrogen-bond donors (Lipinski definition) is 1. The van der Waals surface area contributed by atoms with Crippen LogP contribution in [0, 0.1) is 11.3 Å². The number of aliphatic hydroxyl groups is 1. The molecule has 2 rings (SSSR count). The van der Waals surface area contributed by atoms with Crippen molar-refractivity contribution >= 4 is 0 Å². The van der Waals surface area contributed by atoms with E-state index in [9.17, 15) is 5.11 Å². The van der Waals surface area contributed by atoms with Gasteiger partial charge in [0, 0.05) is 0 Å². The molecule has 0 saturated carbocycles. The van der Waals surface area contributed by atoms with Gasteiger partial charge in [-0.3, -0.25) is 0 Å². The summed E-state index contributed by atoms with van der Waals surface area (Å²) in [6.07, 6.45) is -0.471. The monoisotopic (exact) mass is 297 g/mol. The maximum absolute atomic E-state index is 9.43. The molecule has 0 fully saturated rings. The predicted molar refractivity (Wildman–Crippen MR) is 83.4 cm³/mol. The van der Waals surface area contributed by atoms with Gasteiger partial charge >= 0.3 is 0 Å². The highest BCUT2D eigenvalue weighted by Gasteiger charge is 2.01. The molecule has 22 heavy (non-hydrogen) atoms. The number of hydrogen-bond acceptors (Lipinski definition) is 4. The van der Waals surface area contributed by atoms with Gasteiger partial charge in [-0.15, -0.1) is 0 Å². The van der Waals surface area contributed by atoms with E-state index in [0.717, 1.165) is 16.9 Å². The highest BCUT2D eigenvalue weighted by molar-refractivity contribution is 5.32. The third-order valence-electron chi connectivity index (χ3n) is 3.18. The summed E-state index contributed by atoms with van der Waals surface area (Å²) in [6.45, 7) is 3.10. The lowest BCUT2D eigenvalue weighted by atomic mass is 10.1. The maximum Gasteiger partial charge on any atom is 0.119 e. The Labute approximate surface area is 130 Å². The van der Waals surface area contributed by atoms with Crippen LogP contribution in [-0.2, 0) is 11.3 Å². The molecule has 0 amide bonds. The Morgan fingerprint density at radius 3 is 2.59 bits per heavy atom. The topological polar surface area (TPSA) is 62.5 Å². The van der Waals surface area contributed by atoms with Gasteiger partial charge in [0.25, 0.3) is 0 Å². The summed E-state index contributed by atoms with van der Waals surface area (Å²) in [6, 6.07) is 16.8. The Morgan fingerprint density at radius 2 is 1.91 bits per heavy atom. The summed E-state index contributed by atoms with van der Waals surface area (Å²) in [4.78, 5) is 0. The average molecular weight is 297 g/mol. The fourth-order valence-corrected chi connectivity index (χ4v) is 1.98. The standard InChI is InChI=1S/C18H19NO3/c1-14(20)17-5-7-18(8-6-17)22-10-9-21-13-16-4-2-3-15(11-16)12-19/h2-8,11,14,20H,9-10,13H2,1H3. The van der Waals surface area contributed by atoms with Crippen molar-refractivity contribution in [3.8, 4) is 11.8 Å². The van der Waals surface area contributed by atoms with Crippen LogP contribution < -0.4 is 4.74 Å². The third-order valence-corrected chi connectivity index (χ3v) is 3.18. The quantitative estimate of drug-likeness (QED) is 0.797. The minimum Gasteiger partial charge on any atom is -0.491 e. The molecular formula is C18H19NO3. The van der Waals surface area contributed by atoms with Crippen LogP contribution in [0.4, 0.5) is 0 Å². The molecule has 1 unspecified atom stereocenters. The van der Waals surface area contributed by atoms with Crippen LogP contribution in [0.5, 0.6) is 5.75 Å². The summed E-state index contributed by atoms with van der Waals surface area (Å²) in [7, 11) is 0. The number of nitriles is 1. The molecule has 4 nitrogen and oxygen atoms in total. The Hall–Kier alpha value is -2.35. The van der Waals surface area contributed by atoms with Crippen molar-refractivity contribution in [2.24, 2.45) is 0 Å². The molecule has 0 spiro atoms. The molecule has 4 heteroatoms. The fraction of sp³-hybridized carbons (Fsp3) is 0.278. The van der Waals surface area contributed by atoms with Gasteiger partial charge < -0.3 is 14.6 Å². The summed E-state index contributed by atoms with van der Waals surface area (Å²) in [5.41, 5.74) is 2.47. The van der Waals surface area contributed by atoms with E-state index >= 15 is 0 Å². The van der Waals surface area contributed by atoms with E-state index in [2.05, 4.69) is 6.07 Å². The van der Waals surface area contributed by atoms with Crippen LogP contribution in [-0.4, -0.2) is 18.3 Å². The van der Waals surface area contributed by atoms with Gasteiger partial charge in [0.15, 0.2) is 0 Å². The van der Waals surface area contributed by atoms with E-state index in [1.807, 2.05) is 42.5 Å². The fourth-order valence-electron chi connectivity index (χ4n) is 1.98. The minimum absolute atomic E-state index is 0.450. The van der Waals surface area contributed by atoms with Gasteiger partial charge in [-0.2, -0.15) is 5.26 Å². The summed E-state index contributed by atoms with van der Waals surface area (Å²) >= 11 is 0. The van der Waals surface area contributed by atoms with Crippen molar-refractivity contribution in [3.05, 3.63) is 65.2 Å². The molecule has 0 radical (unpaired) electrons. The molecule has 0 aliphatic rings. The zero-order chi connectivity index (χ0) is 15.8. The SMILES string of the molecule is CC(O)c1ccc(OCCOCc2cccc(C#N)c2)cc1. The number of ether oxygens (including phenoxy) is 2. The zero-order valence-electron chi connectivity index (χ0n) is 12.5. The lowest BCUT2D eigenvalue weighted by molar-refractivity contribution is 0.0889. The largest absolute Gasteiger partial charge is 0.491 e. The summed E-state index contributed by atoms with van der Waals surface area (Å²) < 4.78 is 11.1. The molecule has 1 N–H and O–H groups in total. The minimum atomic E-state index is -0.471. The Bertz CT molecular complexity index is 630. The second-order valence-corrected chi connectivity index (χ2v) is 4.96. The summed E-state index contributed by atoms with van der Waals surface area (Å²) in [5.74, 6) is 0.750. The van der Waals surface area contributed by atoms with Crippen molar-refractivity contribution in [2.75, 3.05) is 13.2 Å². The Kier molecular flexibility index (Phi) is 5.96. The average Bonchev–Trinajstić information content (AvgIpc) is 2.55. The lowest BCUT2D eigenvalue weighted by Gasteiger charge is -2.09. The van der Waals surface area contributed by atoms with Crippen molar-refractivity contribution in [2.45, 2.75) is 19.6 Å². The van der Waals surface area contributed by atoms with Gasteiger partial charge in [0.05, 0.1) is 31.0 Å². The Morgan fingerprint density at radius 1 is 1.14 bits per heavy atom. The molecular weight excluding hydrogens is 278 g/mol. The van der Waals surface area contributed by atoms with Crippen molar-refractivity contribution in [1.82, 2.24) is 0 Å². The van der Waals surface area contributed by atoms with Crippen LogP contribution in [0.25, 0.3) is 0 Å². The molecule has 114 valence electrons. The van der Waals surface area contributed by atoms with Crippen LogP contribution in [0.15, 0.2) is 48.5 Å². The van der Waals surface area contributed by atoms with Gasteiger partial charge in [0.1, 0.15) is 12.4 Å². The first-order valence-corrected chi connectivity index (χ1v) is 7.16. The molecule has 0 aromatic heterocycles. The van der Waals surface area contributed by atoms with Crippen LogP contribution >= 0.6 is 0 Å². The van der Waals surface area contributed by atoms with Gasteiger partial charge in [-0.25, -0.2) is 0 Å². The smallest absolute Gasteiger partial charge is 0.119 e. The molecule has 2 aromatic carbocycles. The van der Waals surface area contributed by atoms with Gasteiger partial charge in [0.2, 0.25) is 0 Å². The normalized spacial score (nSPS) is 11.7. The van der Waals surface area contributed by atoms with E-state index in [1.165, 1.54) is 0 Å². The van der Waals surface area contributed by atoms with E-state index in [0.29, 0.717) is 25.4 Å². The van der Waals surface area contributed by atoms with Crippen LogP contribution in [0.2, 0.25) is 0 Å². The first kappa shape index (κ1) is 16.0. The number of aliphatic hydroxyl groups excluding tert-OH is 1. The molecule has 0 bridgehead atoms. The molecule has 0 heterocycles. The van der Waals surface area contributed by atoms with Crippen molar-refractivity contribution < 1.29 is 14.6 Å². The number of benzene rings is 2. The zero-order valence-corrected chi connectivity index (χ0v) is 12.5. The number of nitrogens with zero attached hydrogens (tertiary/aromatic N) is 1. The highest BCUT2D eigenvalue weighted by atomic mass is 16.5. The second-order valence-electron chi connectivity index (χ2n) is 4.96. The van der Waals surface area contributed by atoms with E-state index in [4.69, 9.17) is 14.7 Å². The highest BCUT2D eigenvalue weighted by Crippen LogP contribution is 2.17. The van der Waals surface area contributed by atoms with Crippen molar-refractivity contribution in [1.29, 1.82) is 5.26 Å². The lowest BCUT2D eigenvalue weighted by Crippen LogP contribution is -2.06. The number of rotatable bonds is 7. The predicted octanol–water partition coefficient (Wildman–Crippen LogP) is 3.21. The van der Waals surface area contributed by atoms with Gasteiger partial charge in [-0.1, -0.05) is 24.3 Å². The Balaban J connectivity index is 1.70. The molecule has 2 aromatic rings. The van der Waals surface area contributed by atoms with Crippen molar-refractivity contribution in [3.63, 3.8) is 0 Å². The van der Waals surface area contributed by atoms with E-state index < -0.39 is 6.10 Å².